The number of hydrogen-bond acceptors (Lipinski definition) is 1. The third-order valence-electron chi connectivity index (χ3n) is 2.93. The second kappa shape index (κ2) is 2.39. The van der Waals surface area contributed by atoms with Crippen LogP contribution in [0.5, 0.6) is 0 Å². The minimum Gasteiger partial charge on any atom is -0.392 e. The summed E-state index contributed by atoms with van der Waals surface area (Å²) in [5.41, 5.74) is 2.98. The van der Waals surface area contributed by atoms with Crippen LogP contribution in [0.3, 0.4) is 0 Å². The van der Waals surface area contributed by atoms with E-state index in [2.05, 4.69) is 0 Å². The zero-order chi connectivity index (χ0) is 6.97. The summed E-state index contributed by atoms with van der Waals surface area (Å²) in [6.07, 6.45) is 6.53. The summed E-state index contributed by atoms with van der Waals surface area (Å²) >= 11 is 0. The van der Waals surface area contributed by atoms with Gasteiger partial charge in [-0.05, 0) is 43.6 Å². The number of aliphatic hydroxyl groups excluding tert-OH is 1. The molecule has 0 aromatic heterocycles. The minimum atomic E-state index is 0.325. The molecule has 0 amide bonds. The van der Waals surface area contributed by atoms with E-state index in [1.807, 2.05) is 0 Å². The molecule has 10 heavy (non-hydrogen) atoms. The third-order valence-corrected chi connectivity index (χ3v) is 2.93. The van der Waals surface area contributed by atoms with Crippen LogP contribution in [0, 0.1) is 5.92 Å². The number of fused-ring (bicyclic) bond motifs is 1. The Morgan fingerprint density at radius 2 is 2.20 bits per heavy atom. The molecule has 1 N–H and O–H groups in total. The van der Waals surface area contributed by atoms with Crippen molar-refractivity contribution in [3.05, 3.63) is 11.1 Å². The van der Waals surface area contributed by atoms with Crippen molar-refractivity contribution in [2.24, 2.45) is 5.92 Å². The Hall–Kier alpha value is -0.300. The van der Waals surface area contributed by atoms with E-state index in [9.17, 15) is 0 Å². The molecule has 0 aromatic rings. The van der Waals surface area contributed by atoms with E-state index >= 15 is 0 Å². The Bertz CT molecular complexity index is 170. The largest absolute Gasteiger partial charge is 0.392 e. The molecule has 2 aliphatic carbocycles. The van der Waals surface area contributed by atoms with Gasteiger partial charge >= 0.3 is 0 Å². The van der Waals surface area contributed by atoms with Crippen molar-refractivity contribution in [2.75, 3.05) is 6.61 Å². The molecule has 0 saturated heterocycles. The van der Waals surface area contributed by atoms with Crippen LogP contribution in [-0.4, -0.2) is 11.7 Å². The predicted molar refractivity (Wildman–Crippen MR) is 40.7 cm³/mol. The van der Waals surface area contributed by atoms with Gasteiger partial charge in [0.25, 0.3) is 0 Å². The number of allylic oxidation sites excluding steroid dienone is 1. The normalized spacial score (nSPS) is 31.5. The molecule has 0 bridgehead atoms. The highest BCUT2D eigenvalue weighted by atomic mass is 16.3. The van der Waals surface area contributed by atoms with Crippen LogP contribution in [0.1, 0.15) is 32.1 Å². The minimum absolute atomic E-state index is 0.325. The molecule has 1 atom stereocenters. The van der Waals surface area contributed by atoms with Crippen molar-refractivity contribution in [3.63, 3.8) is 0 Å². The molecular weight excluding hydrogens is 124 g/mol. The summed E-state index contributed by atoms with van der Waals surface area (Å²) in [5.74, 6) is 0.877. The molecule has 0 spiro atoms. The quantitative estimate of drug-likeness (QED) is 0.548. The Labute approximate surface area is 61.8 Å². The maximum atomic E-state index is 8.96. The molecule has 0 radical (unpaired) electrons. The fourth-order valence-corrected chi connectivity index (χ4v) is 2.39. The summed E-state index contributed by atoms with van der Waals surface area (Å²) in [7, 11) is 0. The Morgan fingerprint density at radius 1 is 1.30 bits per heavy atom. The van der Waals surface area contributed by atoms with Crippen molar-refractivity contribution < 1.29 is 5.11 Å². The Balaban J connectivity index is 2.22. The van der Waals surface area contributed by atoms with Crippen LogP contribution in [0.15, 0.2) is 11.1 Å². The summed E-state index contributed by atoms with van der Waals surface area (Å²) in [6, 6.07) is 0. The molecule has 0 aromatic carbocycles. The fraction of sp³-hybridized carbons (Fsp3) is 0.778. The van der Waals surface area contributed by atoms with Gasteiger partial charge in [-0.3, -0.25) is 0 Å². The molecule has 0 aliphatic heterocycles. The van der Waals surface area contributed by atoms with Gasteiger partial charge in [0, 0.05) is 0 Å². The van der Waals surface area contributed by atoms with E-state index in [4.69, 9.17) is 5.11 Å². The van der Waals surface area contributed by atoms with E-state index < -0.39 is 0 Å². The SMILES string of the molecule is OCC1=C2CCCC2CC1. The average Bonchev–Trinajstić information content (AvgIpc) is 2.44. The topological polar surface area (TPSA) is 20.2 Å². The second-order valence-electron chi connectivity index (χ2n) is 3.41. The standard InChI is InChI=1S/C9H14O/c10-6-8-5-4-7-2-1-3-9(7)8/h7,10H,1-6H2. The van der Waals surface area contributed by atoms with E-state index in [1.54, 1.807) is 5.57 Å². The van der Waals surface area contributed by atoms with Crippen molar-refractivity contribution >= 4 is 0 Å². The fourth-order valence-electron chi connectivity index (χ4n) is 2.39. The van der Waals surface area contributed by atoms with Gasteiger partial charge in [-0.1, -0.05) is 5.57 Å². The summed E-state index contributed by atoms with van der Waals surface area (Å²) < 4.78 is 0. The molecule has 0 heterocycles. The van der Waals surface area contributed by atoms with Crippen LogP contribution in [-0.2, 0) is 0 Å². The maximum Gasteiger partial charge on any atom is 0.0644 e. The van der Waals surface area contributed by atoms with Gasteiger partial charge in [-0.2, -0.15) is 0 Å². The van der Waals surface area contributed by atoms with Gasteiger partial charge in [-0.15, -0.1) is 0 Å². The highest BCUT2D eigenvalue weighted by Gasteiger charge is 2.28. The monoisotopic (exact) mass is 138 g/mol. The second-order valence-corrected chi connectivity index (χ2v) is 3.41. The van der Waals surface area contributed by atoms with Gasteiger partial charge in [0.1, 0.15) is 0 Å². The van der Waals surface area contributed by atoms with Gasteiger partial charge in [-0.25, -0.2) is 0 Å². The smallest absolute Gasteiger partial charge is 0.0644 e. The highest BCUT2D eigenvalue weighted by molar-refractivity contribution is 5.25. The average molecular weight is 138 g/mol. The molecule has 2 rings (SSSR count). The molecule has 1 saturated carbocycles. The molecule has 1 heteroatoms. The van der Waals surface area contributed by atoms with Crippen molar-refractivity contribution in [1.29, 1.82) is 0 Å². The molecule has 1 fully saturated rings. The van der Waals surface area contributed by atoms with Crippen molar-refractivity contribution in [1.82, 2.24) is 0 Å². The first kappa shape index (κ1) is 6.41. The molecule has 2 aliphatic rings. The first-order valence-electron chi connectivity index (χ1n) is 4.23. The van der Waals surface area contributed by atoms with Crippen molar-refractivity contribution in [2.45, 2.75) is 32.1 Å². The zero-order valence-corrected chi connectivity index (χ0v) is 6.27. The number of hydrogen-bond donors (Lipinski definition) is 1. The lowest BCUT2D eigenvalue weighted by atomic mass is 10.1. The van der Waals surface area contributed by atoms with E-state index in [-0.39, 0.29) is 0 Å². The predicted octanol–water partition coefficient (Wildman–Crippen LogP) is 1.87. The maximum absolute atomic E-state index is 8.96. The zero-order valence-electron chi connectivity index (χ0n) is 6.27. The van der Waals surface area contributed by atoms with E-state index in [0.717, 1.165) is 5.92 Å². The van der Waals surface area contributed by atoms with E-state index in [1.165, 1.54) is 37.7 Å². The first-order chi connectivity index (χ1) is 4.92. The van der Waals surface area contributed by atoms with Crippen LogP contribution in [0.25, 0.3) is 0 Å². The van der Waals surface area contributed by atoms with Crippen LogP contribution < -0.4 is 0 Å². The van der Waals surface area contributed by atoms with Crippen LogP contribution in [0.4, 0.5) is 0 Å². The Morgan fingerprint density at radius 3 is 3.00 bits per heavy atom. The van der Waals surface area contributed by atoms with E-state index in [0.29, 0.717) is 6.61 Å². The summed E-state index contributed by atoms with van der Waals surface area (Å²) in [4.78, 5) is 0. The van der Waals surface area contributed by atoms with Gasteiger partial charge in [0.05, 0.1) is 6.61 Å². The van der Waals surface area contributed by atoms with Crippen LogP contribution in [0.2, 0.25) is 0 Å². The molecule has 56 valence electrons. The lowest BCUT2D eigenvalue weighted by molar-refractivity contribution is 0.327. The highest BCUT2D eigenvalue weighted by Crippen LogP contribution is 2.42. The third kappa shape index (κ3) is 0.807. The molecular formula is C9H14O. The first-order valence-corrected chi connectivity index (χ1v) is 4.23. The van der Waals surface area contributed by atoms with Crippen molar-refractivity contribution in [3.8, 4) is 0 Å². The van der Waals surface area contributed by atoms with Gasteiger partial charge in [0.15, 0.2) is 0 Å². The number of aliphatic hydroxyl groups is 1. The summed E-state index contributed by atoms with van der Waals surface area (Å²) in [5, 5.41) is 8.96. The van der Waals surface area contributed by atoms with Gasteiger partial charge < -0.3 is 5.11 Å². The number of rotatable bonds is 1. The van der Waals surface area contributed by atoms with Gasteiger partial charge in [0.2, 0.25) is 0 Å². The van der Waals surface area contributed by atoms with Crippen LogP contribution >= 0.6 is 0 Å². The molecule has 1 nitrogen and oxygen atoms in total. The lowest BCUT2D eigenvalue weighted by Gasteiger charge is -2.00. The Kier molecular flexibility index (Phi) is 1.53. The molecule has 1 unspecified atom stereocenters. The summed E-state index contributed by atoms with van der Waals surface area (Å²) in [6.45, 7) is 0.325. The lowest BCUT2D eigenvalue weighted by Crippen LogP contribution is -1.90.